The number of amides is 4. The second-order valence-corrected chi connectivity index (χ2v) is 13.9. The number of anilines is 1. The lowest BCUT2D eigenvalue weighted by Crippen LogP contribution is -2.56. The summed E-state index contributed by atoms with van der Waals surface area (Å²) in [4.78, 5) is 59.1. The number of imide groups is 1. The number of carbonyl (C=O) groups excluding carboxylic acids is 4. The molecule has 1 saturated carbocycles. The number of fused-ring (bicyclic) bond motifs is 2. The van der Waals surface area contributed by atoms with Crippen molar-refractivity contribution < 1.29 is 23.9 Å². The Morgan fingerprint density at radius 1 is 0.976 bits per heavy atom. The van der Waals surface area contributed by atoms with Crippen LogP contribution in [0.1, 0.15) is 76.8 Å². The van der Waals surface area contributed by atoms with Crippen LogP contribution in [-0.4, -0.2) is 96.0 Å². The van der Waals surface area contributed by atoms with Gasteiger partial charge in [0.2, 0.25) is 17.7 Å². The van der Waals surface area contributed by atoms with Crippen LogP contribution in [-0.2, 0) is 31.1 Å². The van der Waals surface area contributed by atoms with Gasteiger partial charge < -0.3 is 14.5 Å². The molecule has 1 unspecified atom stereocenters. The van der Waals surface area contributed by atoms with E-state index in [1.54, 1.807) is 4.90 Å². The first-order valence-corrected chi connectivity index (χ1v) is 15.8. The van der Waals surface area contributed by atoms with Crippen LogP contribution in [0, 0.1) is 5.92 Å². The molecule has 1 aliphatic carbocycles. The molecule has 10 heteroatoms. The molecule has 4 aliphatic heterocycles. The van der Waals surface area contributed by atoms with Gasteiger partial charge in [-0.25, -0.2) is 4.79 Å². The lowest BCUT2D eigenvalue weighted by molar-refractivity contribution is -0.136. The second kappa shape index (κ2) is 11.3. The monoisotopic (exact) mass is 579 g/mol. The summed E-state index contributed by atoms with van der Waals surface area (Å²) in [6, 6.07) is 5.73. The van der Waals surface area contributed by atoms with E-state index in [4.69, 9.17) is 4.74 Å². The SMILES string of the molecule is CC(C)(C)OC(=O)N1CCC(CN2CCN(Cc3ccc4c(c3)C3(CCC3)C(=O)N4C3CCC(=O)NC3=O)CC2)CC1. The van der Waals surface area contributed by atoms with Crippen molar-refractivity contribution in [3.05, 3.63) is 29.3 Å². The quantitative estimate of drug-likeness (QED) is 0.535. The number of carbonyl (C=O) groups is 4. The van der Waals surface area contributed by atoms with Gasteiger partial charge in [0.15, 0.2) is 0 Å². The standard InChI is InChI=1S/C32H45N5O5/c1-31(2,3)42-30(41)36-13-9-22(10-14-36)20-34-15-17-35(18-16-34)21-23-5-6-25-24(19-23)32(11-4-12-32)29(40)37(25)26-7-8-27(38)33-28(26)39/h5-6,19,22,26H,4,7-18,20-21H2,1-3H3,(H,33,38,39). The van der Waals surface area contributed by atoms with Crippen molar-refractivity contribution in [2.24, 2.45) is 5.92 Å². The number of nitrogens with one attached hydrogen (secondary N) is 1. The van der Waals surface area contributed by atoms with Crippen molar-refractivity contribution in [2.75, 3.05) is 50.7 Å². The Kier molecular flexibility index (Phi) is 7.81. The summed E-state index contributed by atoms with van der Waals surface area (Å²) in [5.74, 6) is 0.00868. The van der Waals surface area contributed by atoms with E-state index < -0.39 is 17.1 Å². The maximum Gasteiger partial charge on any atom is 0.410 e. The Bertz CT molecular complexity index is 1240. The first-order chi connectivity index (χ1) is 20.0. The third-order valence-electron chi connectivity index (χ3n) is 9.85. The highest BCUT2D eigenvalue weighted by Gasteiger charge is 2.57. The van der Waals surface area contributed by atoms with Crippen LogP contribution in [0.2, 0.25) is 0 Å². The Labute approximate surface area is 248 Å². The van der Waals surface area contributed by atoms with Crippen LogP contribution in [0.5, 0.6) is 0 Å². The highest BCUT2D eigenvalue weighted by atomic mass is 16.6. The van der Waals surface area contributed by atoms with Gasteiger partial charge in [0, 0.05) is 64.5 Å². The Morgan fingerprint density at radius 3 is 2.29 bits per heavy atom. The lowest BCUT2D eigenvalue weighted by atomic mass is 9.65. The molecule has 6 rings (SSSR count). The summed E-state index contributed by atoms with van der Waals surface area (Å²) in [5.41, 5.74) is 2.16. The number of hydrogen-bond donors (Lipinski definition) is 1. The normalized spacial score (nSPS) is 25.4. The zero-order valence-corrected chi connectivity index (χ0v) is 25.3. The topological polar surface area (TPSA) is 102 Å². The molecule has 1 spiro atoms. The van der Waals surface area contributed by atoms with E-state index in [9.17, 15) is 19.2 Å². The van der Waals surface area contributed by atoms with Gasteiger partial charge in [-0.05, 0) is 76.0 Å². The Morgan fingerprint density at radius 2 is 1.67 bits per heavy atom. The maximum atomic E-state index is 13.7. The molecule has 0 bridgehead atoms. The van der Waals surface area contributed by atoms with Crippen molar-refractivity contribution in [1.82, 2.24) is 20.0 Å². The van der Waals surface area contributed by atoms with Gasteiger partial charge in [0.25, 0.3) is 0 Å². The highest BCUT2D eigenvalue weighted by molar-refractivity contribution is 6.14. The van der Waals surface area contributed by atoms with Crippen LogP contribution in [0.15, 0.2) is 18.2 Å². The average molecular weight is 580 g/mol. The fourth-order valence-electron chi connectivity index (χ4n) is 7.36. The van der Waals surface area contributed by atoms with E-state index in [0.29, 0.717) is 12.3 Å². The van der Waals surface area contributed by atoms with Crippen LogP contribution >= 0.6 is 0 Å². The van der Waals surface area contributed by atoms with Gasteiger partial charge in [-0.2, -0.15) is 0 Å². The number of piperazine rings is 1. The zero-order chi connectivity index (χ0) is 29.6. The maximum absolute atomic E-state index is 13.7. The molecule has 1 N–H and O–H groups in total. The van der Waals surface area contributed by atoms with E-state index in [-0.39, 0.29) is 30.2 Å². The summed E-state index contributed by atoms with van der Waals surface area (Å²) in [5, 5.41) is 2.43. The first kappa shape index (κ1) is 29.1. The molecular formula is C32H45N5O5. The molecule has 4 fully saturated rings. The summed E-state index contributed by atoms with van der Waals surface area (Å²) in [6.07, 6.45) is 5.13. The molecule has 4 heterocycles. The number of benzene rings is 1. The van der Waals surface area contributed by atoms with Crippen molar-refractivity contribution in [3.8, 4) is 0 Å². The summed E-state index contributed by atoms with van der Waals surface area (Å²) in [7, 11) is 0. The minimum absolute atomic E-state index is 0.0286. The van der Waals surface area contributed by atoms with Crippen LogP contribution in [0.4, 0.5) is 10.5 Å². The number of likely N-dealkylation sites (tertiary alicyclic amines) is 1. The molecule has 42 heavy (non-hydrogen) atoms. The molecule has 228 valence electrons. The lowest BCUT2D eigenvalue weighted by Gasteiger charge is -2.39. The number of piperidine rings is 2. The molecule has 1 aromatic carbocycles. The minimum atomic E-state index is -0.614. The molecule has 1 aromatic rings. The second-order valence-electron chi connectivity index (χ2n) is 13.9. The molecule has 4 amide bonds. The minimum Gasteiger partial charge on any atom is -0.444 e. The molecule has 5 aliphatic rings. The highest BCUT2D eigenvalue weighted by Crippen LogP contribution is 2.54. The Balaban J connectivity index is 1.02. The third kappa shape index (κ3) is 5.67. The fourth-order valence-corrected chi connectivity index (χ4v) is 7.36. The van der Waals surface area contributed by atoms with E-state index >= 15 is 0 Å². The van der Waals surface area contributed by atoms with Crippen LogP contribution < -0.4 is 10.2 Å². The van der Waals surface area contributed by atoms with Gasteiger partial charge in [0.05, 0.1) is 5.41 Å². The van der Waals surface area contributed by atoms with Gasteiger partial charge in [-0.1, -0.05) is 18.6 Å². The number of nitrogens with zero attached hydrogens (tertiary/aromatic N) is 4. The van der Waals surface area contributed by atoms with Gasteiger partial charge in [0.1, 0.15) is 11.6 Å². The van der Waals surface area contributed by atoms with Crippen molar-refractivity contribution in [2.45, 2.75) is 89.3 Å². The number of ether oxygens (including phenoxy) is 1. The smallest absolute Gasteiger partial charge is 0.410 e. The van der Waals surface area contributed by atoms with Gasteiger partial charge in [-0.15, -0.1) is 0 Å². The van der Waals surface area contributed by atoms with Crippen molar-refractivity contribution in [1.29, 1.82) is 0 Å². The van der Waals surface area contributed by atoms with E-state index in [1.807, 2.05) is 31.7 Å². The summed E-state index contributed by atoms with van der Waals surface area (Å²) in [6.45, 7) is 13.2. The van der Waals surface area contributed by atoms with Crippen molar-refractivity contribution >= 4 is 29.5 Å². The summed E-state index contributed by atoms with van der Waals surface area (Å²) >= 11 is 0. The van der Waals surface area contributed by atoms with E-state index in [2.05, 4.69) is 27.2 Å². The predicted molar refractivity (Wildman–Crippen MR) is 158 cm³/mol. The summed E-state index contributed by atoms with van der Waals surface area (Å²) < 4.78 is 5.54. The molecule has 1 atom stereocenters. The number of hydrogen-bond acceptors (Lipinski definition) is 7. The number of rotatable bonds is 5. The fraction of sp³-hybridized carbons (Fsp3) is 0.688. The van der Waals surface area contributed by atoms with Gasteiger partial charge >= 0.3 is 6.09 Å². The van der Waals surface area contributed by atoms with Crippen LogP contribution in [0.3, 0.4) is 0 Å². The molecule has 3 saturated heterocycles. The molecule has 0 aromatic heterocycles. The molecule has 0 radical (unpaired) electrons. The molecule has 10 nitrogen and oxygen atoms in total. The van der Waals surface area contributed by atoms with Crippen LogP contribution in [0.25, 0.3) is 0 Å². The zero-order valence-electron chi connectivity index (χ0n) is 25.3. The Hall–Kier alpha value is -2.98. The third-order valence-corrected chi connectivity index (χ3v) is 9.85. The average Bonchev–Trinajstić information content (AvgIpc) is 3.17. The van der Waals surface area contributed by atoms with E-state index in [0.717, 1.165) is 95.7 Å². The largest absolute Gasteiger partial charge is 0.444 e. The molecular weight excluding hydrogens is 534 g/mol. The van der Waals surface area contributed by atoms with E-state index in [1.165, 1.54) is 5.56 Å². The van der Waals surface area contributed by atoms with Gasteiger partial charge in [-0.3, -0.25) is 29.5 Å². The van der Waals surface area contributed by atoms with Crippen molar-refractivity contribution in [3.63, 3.8) is 0 Å². The first-order valence-electron chi connectivity index (χ1n) is 15.8. The predicted octanol–water partition coefficient (Wildman–Crippen LogP) is 3.02.